The predicted octanol–water partition coefficient (Wildman–Crippen LogP) is 1.91. The van der Waals surface area contributed by atoms with E-state index in [1.165, 1.54) is 11.8 Å². The highest BCUT2D eigenvalue weighted by atomic mass is 35.5. The highest BCUT2D eigenvalue weighted by Gasteiger charge is 2.22. The minimum absolute atomic E-state index is 0. The first-order valence-electron chi connectivity index (χ1n) is 7.50. The maximum Gasteiger partial charge on any atom is 0.234 e. The number of aryl methyl sites for hydroxylation is 1. The van der Waals surface area contributed by atoms with Crippen LogP contribution in [0.15, 0.2) is 24.3 Å². The smallest absolute Gasteiger partial charge is 0.234 e. The standard InChI is InChI=1S/C16H23N3O2S.ClH/c1-12-3-5-14(6-4-12)18-15(20)10-22-11-16(21)19-8-7-17-9-13(19)2;/h3-6,13,17H,7-11H2,1-2H3,(H,18,20);1H/t13-;/m1./s1. The van der Waals surface area contributed by atoms with Crippen LogP contribution in [0.25, 0.3) is 0 Å². The summed E-state index contributed by atoms with van der Waals surface area (Å²) in [6.45, 7) is 6.47. The molecule has 2 rings (SSSR count). The molecule has 0 bridgehead atoms. The lowest BCUT2D eigenvalue weighted by molar-refractivity contribution is -0.131. The lowest BCUT2D eigenvalue weighted by Gasteiger charge is -2.33. The van der Waals surface area contributed by atoms with Crippen LogP contribution in [0.2, 0.25) is 0 Å². The van der Waals surface area contributed by atoms with Crippen molar-refractivity contribution >= 4 is 41.7 Å². The van der Waals surface area contributed by atoms with Gasteiger partial charge in [-0.05, 0) is 26.0 Å². The second kappa shape index (κ2) is 9.80. The molecule has 1 heterocycles. The van der Waals surface area contributed by atoms with Gasteiger partial charge in [-0.25, -0.2) is 0 Å². The number of carbonyl (C=O) groups excluding carboxylic acids is 2. The highest BCUT2D eigenvalue weighted by Crippen LogP contribution is 2.11. The molecule has 1 atom stereocenters. The fourth-order valence-electron chi connectivity index (χ4n) is 2.36. The van der Waals surface area contributed by atoms with E-state index >= 15 is 0 Å². The second-order valence-electron chi connectivity index (χ2n) is 5.55. The minimum atomic E-state index is -0.0741. The molecule has 1 aliphatic rings. The molecule has 1 aromatic rings. The molecule has 7 heteroatoms. The van der Waals surface area contributed by atoms with Crippen LogP contribution in [0.5, 0.6) is 0 Å². The molecule has 1 aromatic carbocycles. The number of carbonyl (C=O) groups is 2. The molecule has 0 aliphatic carbocycles. The average Bonchev–Trinajstić information content (AvgIpc) is 2.50. The van der Waals surface area contributed by atoms with Crippen molar-refractivity contribution in [3.05, 3.63) is 29.8 Å². The molecule has 0 unspecified atom stereocenters. The van der Waals surface area contributed by atoms with Crippen LogP contribution < -0.4 is 10.6 Å². The molecule has 1 aliphatic heterocycles. The van der Waals surface area contributed by atoms with Gasteiger partial charge in [-0.2, -0.15) is 0 Å². The Labute approximate surface area is 148 Å². The third-order valence-electron chi connectivity index (χ3n) is 3.62. The normalized spacial score (nSPS) is 17.3. The summed E-state index contributed by atoms with van der Waals surface area (Å²) in [5, 5.41) is 6.10. The van der Waals surface area contributed by atoms with Crippen molar-refractivity contribution in [3.63, 3.8) is 0 Å². The zero-order valence-corrected chi connectivity index (χ0v) is 15.1. The molecule has 2 N–H and O–H groups in total. The van der Waals surface area contributed by atoms with Gasteiger partial charge >= 0.3 is 0 Å². The van der Waals surface area contributed by atoms with Crippen LogP contribution in [-0.4, -0.2) is 53.9 Å². The van der Waals surface area contributed by atoms with E-state index in [0.717, 1.165) is 30.9 Å². The van der Waals surface area contributed by atoms with E-state index in [1.54, 1.807) is 0 Å². The van der Waals surface area contributed by atoms with Crippen molar-refractivity contribution in [2.75, 3.05) is 36.5 Å². The molecule has 23 heavy (non-hydrogen) atoms. The molecule has 128 valence electrons. The molecule has 0 saturated carbocycles. The third-order valence-corrected chi connectivity index (χ3v) is 4.53. The Bertz CT molecular complexity index is 525. The molecule has 0 spiro atoms. The van der Waals surface area contributed by atoms with Gasteiger partial charge in [-0.3, -0.25) is 9.59 Å². The highest BCUT2D eigenvalue weighted by molar-refractivity contribution is 8.00. The number of nitrogens with one attached hydrogen (secondary N) is 2. The lowest BCUT2D eigenvalue weighted by Crippen LogP contribution is -2.52. The number of thioether (sulfide) groups is 1. The number of piperazine rings is 1. The van der Waals surface area contributed by atoms with Crippen LogP contribution in [0.4, 0.5) is 5.69 Å². The number of anilines is 1. The topological polar surface area (TPSA) is 61.4 Å². The van der Waals surface area contributed by atoms with Crippen molar-refractivity contribution in [2.45, 2.75) is 19.9 Å². The summed E-state index contributed by atoms with van der Waals surface area (Å²) in [6, 6.07) is 7.90. The van der Waals surface area contributed by atoms with E-state index in [4.69, 9.17) is 0 Å². The zero-order chi connectivity index (χ0) is 15.9. The predicted molar refractivity (Wildman–Crippen MR) is 98.4 cm³/mol. The summed E-state index contributed by atoms with van der Waals surface area (Å²) in [5.41, 5.74) is 1.95. The van der Waals surface area contributed by atoms with Gasteiger partial charge in [0.1, 0.15) is 0 Å². The number of nitrogens with zero attached hydrogens (tertiary/aromatic N) is 1. The SMILES string of the molecule is Cc1ccc(NC(=O)CSCC(=O)N2CCNC[C@H]2C)cc1.Cl. The Kier molecular flexibility index (Phi) is 8.44. The number of benzene rings is 1. The molecule has 1 saturated heterocycles. The molecule has 0 aromatic heterocycles. The van der Waals surface area contributed by atoms with Crippen molar-refractivity contribution in [2.24, 2.45) is 0 Å². The fraction of sp³-hybridized carbons (Fsp3) is 0.500. The summed E-state index contributed by atoms with van der Waals surface area (Å²) in [6.07, 6.45) is 0. The van der Waals surface area contributed by atoms with Crippen molar-refractivity contribution in [3.8, 4) is 0 Å². The Morgan fingerprint density at radius 1 is 1.30 bits per heavy atom. The zero-order valence-electron chi connectivity index (χ0n) is 13.5. The third kappa shape index (κ3) is 6.41. The number of rotatable bonds is 5. The number of hydrogen-bond acceptors (Lipinski definition) is 4. The van der Waals surface area contributed by atoms with E-state index in [0.29, 0.717) is 11.5 Å². The summed E-state index contributed by atoms with van der Waals surface area (Å²) >= 11 is 1.36. The van der Waals surface area contributed by atoms with E-state index in [-0.39, 0.29) is 30.3 Å². The van der Waals surface area contributed by atoms with Crippen molar-refractivity contribution < 1.29 is 9.59 Å². The first-order chi connectivity index (χ1) is 10.6. The van der Waals surface area contributed by atoms with Gasteiger partial charge in [0.05, 0.1) is 11.5 Å². The van der Waals surface area contributed by atoms with Crippen LogP contribution in [0.3, 0.4) is 0 Å². The lowest BCUT2D eigenvalue weighted by atomic mass is 10.2. The number of amides is 2. The van der Waals surface area contributed by atoms with Crippen LogP contribution in [-0.2, 0) is 9.59 Å². The summed E-state index contributed by atoms with van der Waals surface area (Å²) < 4.78 is 0. The first kappa shape index (κ1) is 19.8. The van der Waals surface area contributed by atoms with Crippen molar-refractivity contribution in [1.29, 1.82) is 0 Å². The quantitative estimate of drug-likeness (QED) is 0.845. The van der Waals surface area contributed by atoms with Crippen LogP contribution >= 0.6 is 24.2 Å². The van der Waals surface area contributed by atoms with E-state index < -0.39 is 0 Å². The van der Waals surface area contributed by atoms with E-state index in [9.17, 15) is 9.59 Å². The van der Waals surface area contributed by atoms with Crippen LogP contribution in [0, 0.1) is 6.92 Å². The van der Waals surface area contributed by atoms with Gasteiger partial charge < -0.3 is 15.5 Å². The molecule has 5 nitrogen and oxygen atoms in total. The molecular formula is C16H24ClN3O2S. The van der Waals surface area contributed by atoms with Crippen LogP contribution in [0.1, 0.15) is 12.5 Å². The van der Waals surface area contributed by atoms with Gasteiger partial charge in [-0.1, -0.05) is 17.7 Å². The molecule has 2 amide bonds. The monoisotopic (exact) mass is 357 g/mol. The van der Waals surface area contributed by atoms with Gasteiger partial charge in [0, 0.05) is 31.4 Å². The average molecular weight is 358 g/mol. The summed E-state index contributed by atoms with van der Waals surface area (Å²) in [5.74, 6) is 0.684. The maximum atomic E-state index is 12.1. The fourth-order valence-corrected chi connectivity index (χ4v) is 3.06. The number of hydrogen-bond donors (Lipinski definition) is 2. The van der Waals surface area contributed by atoms with Gasteiger partial charge in [-0.15, -0.1) is 24.2 Å². The minimum Gasteiger partial charge on any atom is -0.337 e. The Hall–Kier alpha value is -1.24. The molecular weight excluding hydrogens is 334 g/mol. The Balaban J connectivity index is 0.00000264. The largest absolute Gasteiger partial charge is 0.337 e. The summed E-state index contributed by atoms with van der Waals surface area (Å²) in [7, 11) is 0. The Morgan fingerprint density at radius 3 is 2.65 bits per heavy atom. The van der Waals surface area contributed by atoms with Gasteiger partial charge in [0.25, 0.3) is 0 Å². The maximum absolute atomic E-state index is 12.1. The van der Waals surface area contributed by atoms with Crippen molar-refractivity contribution in [1.82, 2.24) is 10.2 Å². The van der Waals surface area contributed by atoms with Gasteiger partial charge in [0.2, 0.25) is 11.8 Å². The Morgan fingerprint density at radius 2 is 2.00 bits per heavy atom. The van der Waals surface area contributed by atoms with Gasteiger partial charge in [0.15, 0.2) is 0 Å². The summed E-state index contributed by atoms with van der Waals surface area (Å²) in [4.78, 5) is 25.9. The second-order valence-corrected chi connectivity index (χ2v) is 6.53. The van der Waals surface area contributed by atoms with E-state index in [2.05, 4.69) is 10.6 Å². The molecule has 1 fully saturated rings. The number of halogens is 1. The van der Waals surface area contributed by atoms with E-state index in [1.807, 2.05) is 43.0 Å². The molecule has 0 radical (unpaired) electrons. The first-order valence-corrected chi connectivity index (χ1v) is 8.66.